The Labute approximate surface area is 175 Å². The highest BCUT2D eigenvalue weighted by Gasteiger charge is 2.25. The summed E-state index contributed by atoms with van der Waals surface area (Å²) in [6.07, 6.45) is 7.05. The lowest BCUT2D eigenvalue weighted by Gasteiger charge is -2.35. The molecule has 2 unspecified atom stereocenters. The molecular formula is C20H33Cl2N3O2. The van der Waals surface area contributed by atoms with Crippen molar-refractivity contribution in [2.45, 2.75) is 50.6 Å². The zero-order valence-corrected chi connectivity index (χ0v) is 17.7. The van der Waals surface area contributed by atoms with Crippen molar-refractivity contribution in [3.05, 3.63) is 29.8 Å². The van der Waals surface area contributed by atoms with Gasteiger partial charge in [0.05, 0.1) is 19.2 Å². The summed E-state index contributed by atoms with van der Waals surface area (Å²) < 4.78 is 5.28. The molecular weight excluding hydrogens is 385 g/mol. The lowest BCUT2D eigenvalue weighted by Crippen LogP contribution is -2.49. The Hall–Kier alpha value is -1.01. The molecule has 5 nitrogen and oxygen atoms in total. The van der Waals surface area contributed by atoms with Crippen LogP contribution in [0, 0.1) is 0 Å². The van der Waals surface area contributed by atoms with E-state index >= 15 is 0 Å². The van der Waals surface area contributed by atoms with Crippen LogP contribution in [0.25, 0.3) is 0 Å². The maximum Gasteiger partial charge on any atom is 0.237 e. The van der Waals surface area contributed by atoms with Gasteiger partial charge in [-0.3, -0.25) is 9.69 Å². The van der Waals surface area contributed by atoms with Crippen LogP contribution in [0.3, 0.4) is 0 Å². The van der Waals surface area contributed by atoms with Gasteiger partial charge in [-0.25, -0.2) is 0 Å². The van der Waals surface area contributed by atoms with Crippen LogP contribution < -0.4 is 15.4 Å². The van der Waals surface area contributed by atoms with E-state index in [1.165, 1.54) is 31.2 Å². The monoisotopic (exact) mass is 417 g/mol. The van der Waals surface area contributed by atoms with E-state index in [2.05, 4.69) is 27.7 Å². The van der Waals surface area contributed by atoms with E-state index < -0.39 is 0 Å². The predicted octanol–water partition coefficient (Wildman–Crippen LogP) is 3.32. The molecule has 154 valence electrons. The number of benzene rings is 1. The van der Waals surface area contributed by atoms with E-state index in [-0.39, 0.29) is 42.8 Å². The summed E-state index contributed by atoms with van der Waals surface area (Å²) >= 11 is 0. The van der Waals surface area contributed by atoms with Gasteiger partial charge in [0, 0.05) is 6.54 Å². The van der Waals surface area contributed by atoms with Crippen molar-refractivity contribution < 1.29 is 9.53 Å². The Morgan fingerprint density at radius 3 is 2.44 bits per heavy atom. The van der Waals surface area contributed by atoms with Crippen molar-refractivity contribution in [1.29, 1.82) is 0 Å². The molecule has 3 rings (SSSR count). The molecule has 2 atom stereocenters. The maximum atomic E-state index is 12.5. The summed E-state index contributed by atoms with van der Waals surface area (Å²) in [5.74, 6) is 1.02. The minimum absolute atomic E-state index is 0. The van der Waals surface area contributed by atoms with Gasteiger partial charge in [-0.05, 0) is 63.0 Å². The van der Waals surface area contributed by atoms with Gasteiger partial charge in [0.15, 0.2) is 0 Å². The molecule has 7 heteroatoms. The normalized spacial score (nSPS) is 21.3. The number of nitrogens with one attached hydrogen (secondary N) is 2. The second kappa shape index (κ2) is 12.4. The topological polar surface area (TPSA) is 53.6 Å². The molecule has 2 heterocycles. The molecule has 1 aromatic rings. The van der Waals surface area contributed by atoms with Crippen molar-refractivity contribution in [2.24, 2.45) is 0 Å². The smallest absolute Gasteiger partial charge is 0.237 e. The summed E-state index contributed by atoms with van der Waals surface area (Å²) in [4.78, 5) is 15.0. The molecule has 0 bridgehead atoms. The fourth-order valence-electron chi connectivity index (χ4n) is 3.91. The number of amides is 1. The third kappa shape index (κ3) is 6.83. The Kier molecular flexibility index (Phi) is 11.1. The standard InChI is InChI=1S/C20H31N3O2.2ClH/c1-25-17-10-8-16(9-11-17)19(23-13-5-2-6-14-23)15-22-20(24)18-7-3-4-12-21-18;;/h8-11,18-19,21H,2-7,12-15H2,1H3,(H,22,24);2*1H. The molecule has 2 aliphatic rings. The van der Waals surface area contributed by atoms with Crippen LogP contribution in [-0.2, 0) is 4.79 Å². The van der Waals surface area contributed by atoms with Gasteiger partial charge in [0.2, 0.25) is 5.91 Å². The first kappa shape index (κ1) is 24.0. The van der Waals surface area contributed by atoms with Gasteiger partial charge in [-0.15, -0.1) is 24.8 Å². The van der Waals surface area contributed by atoms with Crippen LogP contribution in [-0.4, -0.2) is 50.1 Å². The number of carbonyl (C=O) groups excluding carboxylic acids is 1. The van der Waals surface area contributed by atoms with Crippen molar-refractivity contribution in [3.63, 3.8) is 0 Å². The second-order valence-corrected chi connectivity index (χ2v) is 7.13. The van der Waals surface area contributed by atoms with E-state index in [1.54, 1.807) is 7.11 Å². The first-order valence-electron chi connectivity index (χ1n) is 9.67. The average molecular weight is 418 g/mol. The SMILES string of the molecule is COc1ccc(C(CNC(=O)C2CCCCN2)N2CCCCC2)cc1.Cl.Cl. The minimum Gasteiger partial charge on any atom is -0.497 e. The zero-order valence-electron chi connectivity index (χ0n) is 16.1. The highest BCUT2D eigenvalue weighted by molar-refractivity contribution is 5.85. The number of hydrogen-bond donors (Lipinski definition) is 2. The fourth-order valence-corrected chi connectivity index (χ4v) is 3.91. The van der Waals surface area contributed by atoms with Crippen LogP contribution in [0.1, 0.15) is 50.1 Å². The van der Waals surface area contributed by atoms with E-state index in [4.69, 9.17) is 4.74 Å². The van der Waals surface area contributed by atoms with Gasteiger partial charge in [-0.2, -0.15) is 0 Å². The molecule has 1 amide bonds. The minimum atomic E-state index is -0.0216. The summed E-state index contributed by atoms with van der Waals surface area (Å²) in [6.45, 7) is 3.83. The third-order valence-electron chi connectivity index (χ3n) is 5.43. The fraction of sp³-hybridized carbons (Fsp3) is 0.650. The zero-order chi connectivity index (χ0) is 17.5. The van der Waals surface area contributed by atoms with Gasteiger partial charge in [0.25, 0.3) is 0 Å². The van der Waals surface area contributed by atoms with Crippen LogP contribution in [0.4, 0.5) is 0 Å². The number of carbonyl (C=O) groups is 1. The molecule has 27 heavy (non-hydrogen) atoms. The van der Waals surface area contributed by atoms with Gasteiger partial charge < -0.3 is 15.4 Å². The predicted molar refractivity (Wildman–Crippen MR) is 114 cm³/mol. The number of rotatable bonds is 6. The summed E-state index contributed by atoms with van der Waals surface area (Å²) in [6, 6.07) is 8.49. The number of methoxy groups -OCH3 is 1. The Balaban J connectivity index is 0.00000182. The first-order chi connectivity index (χ1) is 12.3. The third-order valence-corrected chi connectivity index (χ3v) is 5.43. The van der Waals surface area contributed by atoms with Crippen LogP contribution in [0.2, 0.25) is 0 Å². The Morgan fingerprint density at radius 1 is 1.15 bits per heavy atom. The number of likely N-dealkylation sites (tertiary alicyclic amines) is 1. The highest BCUT2D eigenvalue weighted by atomic mass is 35.5. The molecule has 0 aliphatic carbocycles. The van der Waals surface area contributed by atoms with Crippen LogP contribution in [0.15, 0.2) is 24.3 Å². The molecule has 0 radical (unpaired) electrons. The molecule has 1 aromatic carbocycles. The first-order valence-corrected chi connectivity index (χ1v) is 9.67. The average Bonchev–Trinajstić information content (AvgIpc) is 2.70. The van der Waals surface area contributed by atoms with E-state index in [1.807, 2.05) is 12.1 Å². The maximum absolute atomic E-state index is 12.5. The highest BCUT2D eigenvalue weighted by Crippen LogP contribution is 2.26. The molecule has 0 spiro atoms. The van der Waals surface area contributed by atoms with E-state index in [9.17, 15) is 4.79 Å². The Bertz CT molecular complexity index is 545. The van der Waals surface area contributed by atoms with Crippen molar-refractivity contribution >= 4 is 30.7 Å². The summed E-state index contributed by atoms with van der Waals surface area (Å²) in [5.41, 5.74) is 1.25. The Morgan fingerprint density at radius 2 is 1.85 bits per heavy atom. The van der Waals surface area contributed by atoms with Crippen molar-refractivity contribution in [3.8, 4) is 5.75 Å². The summed E-state index contributed by atoms with van der Waals surface area (Å²) in [7, 11) is 1.69. The molecule has 0 saturated carbocycles. The van der Waals surface area contributed by atoms with Gasteiger partial charge in [0.1, 0.15) is 5.75 Å². The lowest BCUT2D eigenvalue weighted by molar-refractivity contribution is -0.124. The largest absolute Gasteiger partial charge is 0.497 e. The second-order valence-electron chi connectivity index (χ2n) is 7.13. The number of hydrogen-bond acceptors (Lipinski definition) is 4. The molecule has 2 N–H and O–H groups in total. The van der Waals surface area contributed by atoms with Gasteiger partial charge >= 0.3 is 0 Å². The van der Waals surface area contributed by atoms with Crippen LogP contribution in [0.5, 0.6) is 5.75 Å². The number of ether oxygens (including phenoxy) is 1. The lowest BCUT2D eigenvalue weighted by atomic mass is 10.0. The summed E-state index contributed by atoms with van der Waals surface area (Å²) in [5, 5.41) is 6.54. The quantitative estimate of drug-likeness (QED) is 0.744. The molecule has 2 aliphatic heterocycles. The number of halogens is 2. The van der Waals surface area contributed by atoms with E-state index in [0.717, 1.165) is 38.2 Å². The van der Waals surface area contributed by atoms with Crippen molar-refractivity contribution in [2.75, 3.05) is 33.3 Å². The van der Waals surface area contributed by atoms with Gasteiger partial charge in [-0.1, -0.05) is 25.0 Å². The van der Waals surface area contributed by atoms with E-state index in [0.29, 0.717) is 6.54 Å². The molecule has 2 fully saturated rings. The van der Waals surface area contributed by atoms with Crippen LogP contribution >= 0.6 is 24.8 Å². The van der Waals surface area contributed by atoms with Crippen molar-refractivity contribution in [1.82, 2.24) is 15.5 Å². The number of nitrogens with zero attached hydrogens (tertiary/aromatic N) is 1. The molecule has 2 saturated heterocycles. The molecule has 0 aromatic heterocycles. The number of piperidine rings is 2.